The Hall–Kier alpha value is -3.64. The average Bonchev–Trinajstić information content (AvgIpc) is 3.46. The zero-order chi connectivity index (χ0) is 22.8. The largest absolute Gasteiger partial charge is 0.460 e. The van der Waals surface area contributed by atoms with Crippen LogP contribution in [0.2, 0.25) is 0 Å². The molecular formula is C27H28N4O2. The molecule has 4 aromatic rings. The second kappa shape index (κ2) is 9.08. The van der Waals surface area contributed by atoms with E-state index in [2.05, 4.69) is 58.5 Å². The molecule has 6 heteroatoms. The highest BCUT2D eigenvalue weighted by molar-refractivity contribution is 5.93. The van der Waals surface area contributed by atoms with Gasteiger partial charge in [-0.15, -0.1) is 0 Å². The first kappa shape index (κ1) is 21.2. The predicted molar refractivity (Wildman–Crippen MR) is 128 cm³/mol. The minimum absolute atomic E-state index is 0.00940. The number of hydrogen-bond acceptors (Lipinski definition) is 4. The number of carbonyl (C=O) groups is 1. The summed E-state index contributed by atoms with van der Waals surface area (Å²) in [5, 5.41) is 4.50. The first-order chi connectivity index (χ1) is 16.1. The van der Waals surface area contributed by atoms with Gasteiger partial charge in [0.2, 0.25) is 0 Å². The zero-order valence-corrected chi connectivity index (χ0v) is 19.0. The van der Waals surface area contributed by atoms with Crippen LogP contribution in [-0.2, 0) is 7.05 Å². The van der Waals surface area contributed by atoms with Crippen molar-refractivity contribution in [1.29, 1.82) is 0 Å². The zero-order valence-electron chi connectivity index (χ0n) is 19.0. The highest BCUT2D eigenvalue weighted by atomic mass is 16.3. The molecule has 0 atom stereocenters. The number of amides is 1. The molecule has 3 heterocycles. The predicted octanol–water partition coefficient (Wildman–Crippen LogP) is 4.54. The van der Waals surface area contributed by atoms with Crippen LogP contribution in [0, 0.1) is 6.92 Å². The number of aromatic nitrogens is 2. The molecular weight excluding hydrogens is 412 g/mol. The molecule has 0 unspecified atom stereocenters. The summed E-state index contributed by atoms with van der Waals surface area (Å²) in [6.45, 7) is 4.87. The third kappa shape index (κ3) is 4.34. The van der Waals surface area contributed by atoms with Gasteiger partial charge in [0.15, 0.2) is 5.76 Å². The molecule has 0 spiro atoms. The third-order valence-electron chi connectivity index (χ3n) is 6.29. The second-order valence-corrected chi connectivity index (χ2v) is 8.50. The minimum Gasteiger partial charge on any atom is -0.460 e. The molecule has 0 radical (unpaired) electrons. The summed E-state index contributed by atoms with van der Waals surface area (Å²) in [4.78, 5) is 17.7. The van der Waals surface area contributed by atoms with E-state index in [1.807, 2.05) is 49.2 Å². The van der Waals surface area contributed by atoms with Gasteiger partial charge in [-0.3, -0.25) is 14.4 Å². The van der Waals surface area contributed by atoms with Crippen molar-refractivity contribution >= 4 is 5.91 Å². The molecule has 168 valence electrons. The van der Waals surface area contributed by atoms with Crippen LogP contribution < -0.4 is 0 Å². The molecule has 1 fully saturated rings. The summed E-state index contributed by atoms with van der Waals surface area (Å²) >= 11 is 0. The van der Waals surface area contributed by atoms with Gasteiger partial charge in [-0.2, -0.15) is 5.10 Å². The normalized spacial score (nSPS) is 14.7. The van der Waals surface area contributed by atoms with Crippen LogP contribution in [0.4, 0.5) is 0 Å². The lowest BCUT2D eigenvalue weighted by Gasteiger charge is -2.39. The van der Waals surface area contributed by atoms with Crippen LogP contribution in [0.5, 0.6) is 0 Å². The van der Waals surface area contributed by atoms with E-state index in [1.54, 1.807) is 4.68 Å². The number of carbonyl (C=O) groups excluding carboxylic acids is 1. The van der Waals surface area contributed by atoms with Gasteiger partial charge in [0.25, 0.3) is 5.91 Å². The molecule has 0 N–H and O–H groups in total. The van der Waals surface area contributed by atoms with Crippen molar-refractivity contribution in [3.05, 3.63) is 101 Å². The number of piperazine rings is 1. The SMILES string of the molecule is Cc1ccc(-c2cc(C(=O)N3CCN(C(c4ccccc4)c4ccccc4)CC3)n(C)n2)o1. The number of furan rings is 1. The van der Waals surface area contributed by atoms with Crippen molar-refractivity contribution < 1.29 is 9.21 Å². The molecule has 1 aliphatic rings. The molecule has 2 aromatic heterocycles. The summed E-state index contributed by atoms with van der Waals surface area (Å²) in [6.07, 6.45) is 0. The Morgan fingerprint density at radius 1 is 0.879 bits per heavy atom. The van der Waals surface area contributed by atoms with E-state index in [0.717, 1.165) is 18.8 Å². The summed E-state index contributed by atoms with van der Waals surface area (Å²) < 4.78 is 7.33. The van der Waals surface area contributed by atoms with Crippen LogP contribution in [0.3, 0.4) is 0 Å². The van der Waals surface area contributed by atoms with Crippen LogP contribution >= 0.6 is 0 Å². The van der Waals surface area contributed by atoms with E-state index in [9.17, 15) is 4.79 Å². The first-order valence-electron chi connectivity index (χ1n) is 11.3. The molecule has 2 aromatic carbocycles. The minimum atomic E-state index is 0.00940. The van der Waals surface area contributed by atoms with Crippen LogP contribution in [0.1, 0.15) is 33.4 Å². The van der Waals surface area contributed by atoms with Gasteiger partial charge in [-0.25, -0.2) is 0 Å². The van der Waals surface area contributed by atoms with E-state index < -0.39 is 0 Å². The third-order valence-corrected chi connectivity index (χ3v) is 6.29. The van der Waals surface area contributed by atoms with Crippen molar-refractivity contribution in [1.82, 2.24) is 19.6 Å². The Labute approximate surface area is 194 Å². The van der Waals surface area contributed by atoms with E-state index >= 15 is 0 Å². The lowest BCUT2D eigenvalue weighted by Crippen LogP contribution is -2.50. The van der Waals surface area contributed by atoms with Gasteiger partial charge in [0, 0.05) is 39.3 Å². The molecule has 6 nitrogen and oxygen atoms in total. The van der Waals surface area contributed by atoms with Crippen LogP contribution in [0.15, 0.2) is 83.3 Å². The number of aryl methyl sites for hydroxylation is 2. The second-order valence-electron chi connectivity index (χ2n) is 8.50. The van der Waals surface area contributed by atoms with Crippen molar-refractivity contribution in [2.75, 3.05) is 26.2 Å². The number of nitrogens with zero attached hydrogens (tertiary/aromatic N) is 4. The first-order valence-corrected chi connectivity index (χ1v) is 11.3. The summed E-state index contributed by atoms with van der Waals surface area (Å²) in [6, 6.07) is 27.0. The number of hydrogen-bond donors (Lipinski definition) is 0. The fourth-order valence-corrected chi connectivity index (χ4v) is 4.59. The Morgan fingerprint density at radius 3 is 2.03 bits per heavy atom. The lowest BCUT2D eigenvalue weighted by atomic mass is 9.96. The highest BCUT2D eigenvalue weighted by Crippen LogP contribution is 2.30. The van der Waals surface area contributed by atoms with E-state index in [0.29, 0.717) is 30.2 Å². The Morgan fingerprint density at radius 2 is 1.48 bits per heavy atom. The molecule has 0 bridgehead atoms. The summed E-state index contributed by atoms with van der Waals surface area (Å²) in [5.41, 5.74) is 3.80. The number of benzene rings is 2. The van der Waals surface area contributed by atoms with E-state index in [4.69, 9.17) is 4.42 Å². The fraction of sp³-hybridized carbons (Fsp3) is 0.259. The topological polar surface area (TPSA) is 54.5 Å². The van der Waals surface area contributed by atoms with E-state index in [1.165, 1.54) is 11.1 Å². The average molecular weight is 441 g/mol. The van der Waals surface area contributed by atoms with Crippen LogP contribution in [0.25, 0.3) is 11.5 Å². The number of rotatable bonds is 5. The van der Waals surface area contributed by atoms with E-state index in [-0.39, 0.29) is 11.9 Å². The van der Waals surface area contributed by atoms with Gasteiger partial charge in [-0.05, 0) is 30.2 Å². The summed E-state index contributed by atoms with van der Waals surface area (Å²) in [7, 11) is 1.81. The van der Waals surface area contributed by atoms with Gasteiger partial charge >= 0.3 is 0 Å². The smallest absolute Gasteiger partial charge is 0.272 e. The Bertz CT molecular complexity index is 1180. The Balaban J connectivity index is 1.32. The monoisotopic (exact) mass is 440 g/mol. The highest BCUT2D eigenvalue weighted by Gasteiger charge is 2.29. The molecule has 1 saturated heterocycles. The molecule has 1 amide bonds. The summed E-state index contributed by atoms with van der Waals surface area (Å²) in [5.74, 6) is 1.52. The lowest BCUT2D eigenvalue weighted by molar-refractivity contribution is 0.0587. The van der Waals surface area contributed by atoms with Crippen molar-refractivity contribution in [2.45, 2.75) is 13.0 Å². The molecule has 0 saturated carbocycles. The maximum atomic E-state index is 13.3. The molecule has 33 heavy (non-hydrogen) atoms. The molecule has 5 rings (SSSR count). The Kier molecular flexibility index (Phi) is 5.84. The van der Waals surface area contributed by atoms with Gasteiger partial charge in [0.05, 0.1) is 6.04 Å². The maximum Gasteiger partial charge on any atom is 0.272 e. The standard InChI is InChI=1S/C27H28N4O2/c1-20-13-14-25(33-20)23-19-24(29(2)28-23)27(32)31-17-15-30(16-18-31)26(21-9-5-3-6-10-21)22-11-7-4-8-12-22/h3-14,19,26H,15-18H2,1-2H3. The van der Waals surface area contributed by atoms with Crippen molar-refractivity contribution in [3.63, 3.8) is 0 Å². The molecule has 1 aliphatic heterocycles. The van der Waals surface area contributed by atoms with Gasteiger partial charge < -0.3 is 9.32 Å². The van der Waals surface area contributed by atoms with Gasteiger partial charge in [0.1, 0.15) is 17.1 Å². The van der Waals surface area contributed by atoms with Crippen molar-refractivity contribution in [3.8, 4) is 11.5 Å². The maximum absolute atomic E-state index is 13.3. The van der Waals surface area contributed by atoms with Gasteiger partial charge in [-0.1, -0.05) is 60.7 Å². The van der Waals surface area contributed by atoms with Crippen LogP contribution in [-0.4, -0.2) is 51.7 Å². The molecule has 0 aliphatic carbocycles. The fourth-order valence-electron chi connectivity index (χ4n) is 4.59. The van der Waals surface area contributed by atoms with Crippen molar-refractivity contribution in [2.24, 2.45) is 7.05 Å². The quantitative estimate of drug-likeness (QED) is 0.457.